The number of nitrogens with zero attached hydrogens (tertiary/aromatic N) is 2. The molecular formula is C22H26N2O4. The predicted octanol–water partition coefficient (Wildman–Crippen LogP) is 3.01. The zero-order chi connectivity index (χ0) is 20.1. The lowest BCUT2D eigenvalue weighted by molar-refractivity contribution is -0.138. The minimum atomic E-state index is -0.639. The third kappa shape index (κ3) is 4.44. The number of ether oxygens (including phenoxy) is 2. The van der Waals surface area contributed by atoms with Gasteiger partial charge in [0.15, 0.2) is 23.4 Å². The van der Waals surface area contributed by atoms with Gasteiger partial charge in [0, 0.05) is 37.4 Å². The number of benzene rings is 2. The fourth-order valence-electron chi connectivity index (χ4n) is 3.31. The van der Waals surface area contributed by atoms with Gasteiger partial charge in [0.1, 0.15) is 0 Å². The van der Waals surface area contributed by atoms with Gasteiger partial charge in [-0.3, -0.25) is 9.59 Å². The van der Waals surface area contributed by atoms with Crippen molar-refractivity contribution in [2.45, 2.75) is 20.0 Å². The monoisotopic (exact) mass is 382 g/mol. The molecule has 3 rings (SSSR count). The van der Waals surface area contributed by atoms with Crippen molar-refractivity contribution in [3.05, 3.63) is 54.1 Å². The second-order valence-corrected chi connectivity index (χ2v) is 6.83. The Morgan fingerprint density at radius 3 is 2.25 bits per heavy atom. The first kappa shape index (κ1) is 19.7. The summed E-state index contributed by atoms with van der Waals surface area (Å²) >= 11 is 0. The number of Topliss-reactive ketones (excluding diaryl/α,β-unsaturated/α-hetero) is 1. The Balaban J connectivity index is 1.60. The molecule has 1 amide bonds. The molecule has 0 aliphatic carbocycles. The molecule has 1 atom stereocenters. The largest absolute Gasteiger partial charge is 0.493 e. The number of carbonyl (C=O) groups is 2. The molecule has 1 saturated heterocycles. The van der Waals surface area contributed by atoms with Gasteiger partial charge in [0.2, 0.25) is 0 Å². The van der Waals surface area contributed by atoms with Crippen LogP contribution in [0.5, 0.6) is 11.5 Å². The van der Waals surface area contributed by atoms with Crippen molar-refractivity contribution in [2.24, 2.45) is 0 Å². The molecule has 28 heavy (non-hydrogen) atoms. The molecule has 0 N–H and O–H groups in total. The highest BCUT2D eigenvalue weighted by Crippen LogP contribution is 2.29. The van der Waals surface area contributed by atoms with Crippen molar-refractivity contribution in [1.29, 1.82) is 0 Å². The average Bonchev–Trinajstić information content (AvgIpc) is 2.74. The molecule has 6 nitrogen and oxygen atoms in total. The summed E-state index contributed by atoms with van der Waals surface area (Å²) in [5, 5.41) is 0. The van der Waals surface area contributed by atoms with Gasteiger partial charge in [-0.1, -0.05) is 18.2 Å². The molecule has 0 aromatic heterocycles. The van der Waals surface area contributed by atoms with Crippen LogP contribution in [0.25, 0.3) is 0 Å². The van der Waals surface area contributed by atoms with Crippen molar-refractivity contribution in [3.8, 4) is 11.5 Å². The summed E-state index contributed by atoms with van der Waals surface area (Å²) in [7, 11) is 1.52. The maximum atomic E-state index is 12.8. The number of ketones is 1. The van der Waals surface area contributed by atoms with E-state index in [1.165, 1.54) is 19.7 Å². The molecule has 1 heterocycles. The van der Waals surface area contributed by atoms with Crippen LogP contribution in [0, 0.1) is 0 Å². The fourth-order valence-corrected chi connectivity index (χ4v) is 3.31. The normalized spacial score (nSPS) is 15.1. The number of piperazine rings is 1. The van der Waals surface area contributed by atoms with E-state index in [1.54, 1.807) is 25.1 Å². The summed E-state index contributed by atoms with van der Waals surface area (Å²) in [5.74, 6) is 0.799. The minimum Gasteiger partial charge on any atom is -0.493 e. The molecule has 1 aliphatic rings. The first-order valence-corrected chi connectivity index (χ1v) is 9.44. The first-order valence-electron chi connectivity index (χ1n) is 9.44. The Morgan fingerprint density at radius 1 is 0.964 bits per heavy atom. The lowest BCUT2D eigenvalue weighted by Crippen LogP contribution is -2.52. The highest BCUT2D eigenvalue weighted by molar-refractivity contribution is 5.94. The van der Waals surface area contributed by atoms with Gasteiger partial charge in [0.05, 0.1) is 7.11 Å². The van der Waals surface area contributed by atoms with E-state index in [0.717, 1.165) is 13.1 Å². The fraction of sp³-hybridized carbons (Fsp3) is 0.364. The summed E-state index contributed by atoms with van der Waals surface area (Å²) in [6.07, 6.45) is -0.639. The van der Waals surface area contributed by atoms with Crippen LogP contribution in [0.15, 0.2) is 48.5 Å². The zero-order valence-corrected chi connectivity index (χ0v) is 16.6. The third-order valence-corrected chi connectivity index (χ3v) is 4.93. The molecule has 0 bridgehead atoms. The second-order valence-electron chi connectivity index (χ2n) is 6.83. The topological polar surface area (TPSA) is 59.1 Å². The number of anilines is 1. The summed E-state index contributed by atoms with van der Waals surface area (Å²) in [6.45, 7) is 6.13. The standard InChI is InChI=1S/C22H26N2O4/c1-16(25)18-9-10-20(21(15-18)27-3)28-17(2)22(26)24-13-11-23(12-14-24)19-7-5-4-6-8-19/h4-10,15,17H,11-14H2,1-3H3. The van der Waals surface area contributed by atoms with Crippen LogP contribution in [-0.4, -0.2) is 56.0 Å². The van der Waals surface area contributed by atoms with Crippen molar-refractivity contribution >= 4 is 17.4 Å². The highest BCUT2D eigenvalue weighted by atomic mass is 16.5. The van der Waals surface area contributed by atoms with Crippen LogP contribution in [0.1, 0.15) is 24.2 Å². The molecule has 0 spiro atoms. The van der Waals surface area contributed by atoms with Gasteiger partial charge >= 0.3 is 0 Å². The first-order chi connectivity index (χ1) is 13.5. The van der Waals surface area contributed by atoms with Crippen LogP contribution >= 0.6 is 0 Å². The smallest absolute Gasteiger partial charge is 0.263 e. The summed E-state index contributed by atoms with van der Waals surface area (Å²) in [6, 6.07) is 15.2. The maximum Gasteiger partial charge on any atom is 0.263 e. The Morgan fingerprint density at radius 2 is 1.64 bits per heavy atom. The number of rotatable bonds is 6. The van der Waals surface area contributed by atoms with Gasteiger partial charge in [-0.15, -0.1) is 0 Å². The lowest BCUT2D eigenvalue weighted by atomic mass is 10.1. The predicted molar refractivity (Wildman–Crippen MR) is 108 cm³/mol. The van der Waals surface area contributed by atoms with Crippen LogP contribution in [0.2, 0.25) is 0 Å². The molecule has 148 valence electrons. The highest BCUT2D eigenvalue weighted by Gasteiger charge is 2.27. The molecule has 0 radical (unpaired) electrons. The quantitative estimate of drug-likeness (QED) is 0.719. The Kier molecular flexibility index (Phi) is 6.19. The zero-order valence-electron chi connectivity index (χ0n) is 16.6. The van der Waals surface area contributed by atoms with Crippen molar-refractivity contribution in [1.82, 2.24) is 4.90 Å². The summed E-state index contributed by atoms with van der Waals surface area (Å²) < 4.78 is 11.2. The van der Waals surface area contributed by atoms with E-state index in [2.05, 4.69) is 17.0 Å². The second kappa shape index (κ2) is 8.78. The molecule has 6 heteroatoms. The number of hydrogen-bond donors (Lipinski definition) is 0. The van der Waals surface area contributed by atoms with Gasteiger partial charge in [-0.2, -0.15) is 0 Å². The van der Waals surface area contributed by atoms with Crippen LogP contribution in [0.4, 0.5) is 5.69 Å². The van der Waals surface area contributed by atoms with E-state index in [0.29, 0.717) is 30.2 Å². The average molecular weight is 382 g/mol. The van der Waals surface area contributed by atoms with Crippen LogP contribution < -0.4 is 14.4 Å². The molecule has 2 aromatic rings. The van der Waals surface area contributed by atoms with Gasteiger partial charge in [-0.05, 0) is 44.2 Å². The van der Waals surface area contributed by atoms with E-state index in [-0.39, 0.29) is 11.7 Å². The third-order valence-electron chi connectivity index (χ3n) is 4.93. The molecule has 0 saturated carbocycles. The van der Waals surface area contributed by atoms with E-state index >= 15 is 0 Å². The minimum absolute atomic E-state index is 0.0505. The van der Waals surface area contributed by atoms with Gasteiger partial charge in [0.25, 0.3) is 5.91 Å². The lowest BCUT2D eigenvalue weighted by Gasteiger charge is -2.37. The van der Waals surface area contributed by atoms with E-state index in [4.69, 9.17) is 9.47 Å². The van der Waals surface area contributed by atoms with E-state index in [1.807, 2.05) is 23.1 Å². The van der Waals surface area contributed by atoms with Crippen molar-refractivity contribution < 1.29 is 19.1 Å². The number of amides is 1. The van der Waals surface area contributed by atoms with Crippen LogP contribution in [0.3, 0.4) is 0 Å². The summed E-state index contributed by atoms with van der Waals surface area (Å²) in [4.78, 5) is 28.4. The number of carbonyl (C=O) groups excluding carboxylic acids is 2. The van der Waals surface area contributed by atoms with Gasteiger partial charge in [-0.25, -0.2) is 0 Å². The SMILES string of the molecule is COc1cc(C(C)=O)ccc1OC(C)C(=O)N1CCN(c2ccccc2)CC1. The van der Waals surface area contributed by atoms with E-state index in [9.17, 15) is 9.59 Å². The number of para-hydroxylation sites is 1. The molecule has 2 aromatic carbocycles. The molecule has 1 aliphatic heterocycles. The van der Waals surface area contributed by atoms with Gasteiger partial charge < -0.3 is 19.3 Å². The van der Waals surface area contributed by atoms with E-state index < -0.39 is 6.10 Å². The number of methoxy groups -OCH3 is 1. The van der Waals surface area contributed by atoms with Crippen molar-refractivity contribution in [2.75, 3.05) is 38.2 Å². The Labute approximate surface area is 165 Å². The maximum absolute atomic E-state index is 12.8. The Bertz CT molecular complexity index is 830. The molecule has 1 fully saturated rings. The van der Waals surface area contributed by atoms with Crippen LogP contribution in [-0.2, 0) is 4.79 Å². The summed E-state index contributed by atoms with van der Waals surface area (Å²) in [5.41, 5.74) is 1.72. The molecular weight excluding hydrogens is 356 g/mol. The molecule has 1 unspecified atom stereocenters. The van der Waals surface area contributed by atoms with Crippen molar-refractivity contribution in [3.63, 3.8) is 0 Å². The Hall–Kier alpha value is -3.02. The number of hydrogen-bond acceptors (Lipinski definition) is 5.